The second kappa shape index (κ2) is 9.69. The number of carbonyl (C=O) groups is 2. The summed E-state index contributed by atoms with van der Waals surface area (Å²) in [5, 5.41) is 5.63. The number of aryl methyl sites for hydroxylation is 1. The highest BCUT2D eigenvalue weighted by molar-refractivity contribution is 7.99. The lowest BCUT2D eigenvalue weighted by atomic mass is 10.1. The van der Waals surface area contributed by atoms with Crippen LogP contribution in [0.25, 0.3) is 0 Å². The van der Waals surface area contributed by atoms with Gasteiger partial charge in [-0.1, -0.05) is 43.3 Å². The van der Waals surface area contributed by atoms with Gasteiger partial charge < -0.3 is 15.4 Å². The molecule has 1 aliphatic heterocycles. The van der Waals surface area contributed by atoms with E-state index in [1.165, 1.54) is 0 Å². The number of hydrogen-bond acceptors (Lipinski definition) is 4. The molecule has 1 saturated heterocycles. The van der Waals surface area contributed by atoms with Crippen molar-refractivity contribution in [2.75, 3.05) is 24.7 Å². The molecular formula is C22H27N3O3S. The van der Waals surface area contributed by atoms with Gasteiger partial charge in [0.2, 0.25) is 5.91 Å². The van der Waals surface area contributed by atoms with Crippen LogP contribution in [0.5, 0.6) is 5.75 Å². The third-order valence-corrected chi connectivity index (χ3v) is 6.19. The Hall–Kier alpha value is -2.67. The van der Waals surface area contributed by atoms with Gasteiger partial charge in [-0.05, 0) is 36.6 Å². The van der Waals surface area contributed by atoms with Crippen LogP contribution in [0.15, 0.2) is 48.5 Å². The van der Waals surface area contributed by atoms with Crippen LogP contribution in [-0.2, 0) is 4.79 Å². The number of anilines is 1. The quantitative estimate of drug-likeness (QED) is 0.745. The summed E-state index contributed by atoms with van der Waals surface area (Å²) in [7, 11) is 1.56. The highest BCUT2D eigenvalue weighted by Gasteiger charge is 2.42. The van der Waals surface area contributed by atoms with Gasteiger partial charge in [0.1, 0.15) is 17.2 Å². The van der Waals surface area contributed by atoms with Crippen LogP contribution >= 0.6 is 11.8 Å². The largest absolute Gasteiger partial charge is 0.495 e. The SMILES string of the molecule is CCCNC(=O)[C@@H]1CS[C@@H](c2ccccc2C)N1C(=O)Nc1ccccc1OC. The molecule has 0 bridgehead atoms. The highest BCUT2D eigenvalue weighted by atomic mass is 32.2. The van der Waals surface area contributed by atoms with E-state index in [9.17, 15) is 9.59 Å². The summed E-state index contributed by atoms with van der Waals surface area (Å²) in [5.41, 5.74) is 2.71. The number of nitrogens with zero attached hydrogens (tertiary/aromatic N) is 1. The summed E-state index contributed by atoms with van der Waals surface area (Å²) in [5.74, 6) is 1.01. The van der Waals surface area contributed by atoms with Crippen molar-refractivity contribution in [3.63, 3.8) is 0 Å². The second-order valence-corrected chi connectivity index (χ2v) is 8.00. The molecule has 2 aromatic carbocycles. The van der Waals surface area contributed by atoms with E-state index in [0.717, 1.165) is 17.5 Å². The van der Waals surface area contributed by atoms with Gasteiger partial charge >= 0.3 is 6.03 Å². The number of methoxy groups -OCH3 is 1. The highest BCUT2D eigenvalue weighted by Crippen LogP contribution is 2.43. The van der Waals surface area contributed by atoms with Crippen molar-refractivity contribution in [3.05, 3.63) is 59.7 Å². The minimum absolute atomic E-state index is 0.120. The first-order valence-electron chi connectivity index (χ1n) is 9.74. The zero-order chi connectivity index (χ0) is 20.8. The first-order chi connectivity index (χ1) is 14.1. The number of hydrogen-bond donors (Lipinski definition) is 2. The fourth-order valence-electron chi connectivity index (χ4n) is 3.35. The predicted octanol–water partition coefficient (Wildman–Crippen LogP) is 4.18. The number of benzene rings is 2. The molecule has 0 saturated carbocycles. The van der Waals surface area contributed by atoms with E-state index < -0.39 is 6.04 Å². The lowest BCUT2D eigenvalue weighted by molar-refractivity contribution is -0.124. The number of nitrogens with one attached hydrogen (secondary N) is 2. The number of para-hydroxylation sites is 2. The number of urea groups is 1. The number of carbonyl (C=O) groups excluding carboxylic acids is 2. The van der Waals surface area contributed by atoms with Crippen LogP contribution in [0.4, 0.5) is 10.5 Å². The average molecular weight is 414 g/mol. The maximum Gasteiger partial charge on any atom is 0.323 e. The Labute approximate surface area is 176 Å². The Morgan fingerprint density at radius 1 is 1.17 bits per heavy atom. The van der Waals surface area contributed by atoms with Crippen LogP contribution < -0.4 is 15.4 Å². The molecular weight excluding hydrogens is 386 g/mol. The molecule has 0 aliphatic carbocycles. The van der Waals surface area contributed by atoms with Crippen molar-refractivity contribution in [2.24, 2.45) is 0 Å². The molecule has 1 aliphatic rings. The second-order valence-electron chi connectivity index (χ2n) is 6.89. The summed E-state index contributed by atoms with van der Waals surface area (Å²) in [4.78, 5) is 27.8. The molecule has 154 valence electrons. The van der Waals surface area contributed by atoms with Crippen molar-refractivity contribution >= 4 is 29.4 Å². The molecule has 2 N–H and O–H groups in total. The topological polar surface area (TPSA) is 70.7 Å². The number of amides is 3. The fourth-order valence-corrected chi connectivity index (χ4v) is 4.88. The van der Waals surface area contributed by atoms with Gasteiger partial charge in [0.25, 0.3) is 0 Å². The van der Waals surface area contributed by atoms with Crippen LogP contribution in [0.3, 0.4) is 0 Å². The molecule has 3 rings (SSSR count). The summed E-state index contributed by atoms with van der Waals surface area (Å²) in [6.07, 6.45) is 0.847. The number of ether oxygens (including phenoxy) is 1. The van der Waals surface area contributed by atoms with Gasteiger partial charge in [-0.15, -0.1) is 11.8 Å². The third-order valence-electron chi connectivity index (χ3n) is 4.89. The van der Waals surface area contributed by atoms with Crippen LogP contribution in [0, 0.1) is 6.92 Å². The molecule has 0 spiro atoms. The normalized spacial score (nSPS) is 18.4. The molecule has 7 heteroatoms. The van der Waals surface area contributed by atoms with Crippen LogP contribution in [0.1, 0.15) is 29.8 Å². The zero-order valence-corrected chi connectivity index (χ0v) is 17.8. The predicted molar refractivity (Wildman–Crippen MR) is 117 cm³/mol. The molecule has 2 atom stereocenters. The molecule has 1 fully saturated rings. The van der Waals surface area contributed by atoms with Gasteiger partial charge in [-0.2, -0.15) is 0 Å². The maximum absolute atomic E-state index is 13.3. The Morgan fingerprint density at radius 3 is 2.62 bits per heavy atom. The van der Waals surface area contributed by atoms with Gasteiger partial charge in [0, 0.05) is 12.3 Å². The number of thioether (sulfide) groups is 1. The van der Waals surface area contributed by atoms with E-state index in [1.807, 2.05) is 50.2 Å². The Balaban J connectivity index is 1.91. The van der Waals surface area contributed by atoms with Crippen molar-refractivity contribution in [3.8, 4) is 5.75 Å². The lowest BCUT2D eigenvalue weighted by Crippen LogP contribution is -2.49. The van der Waals surface area contributed by atoms with E-state index in [0.29, 0.717) is 23.7 Å². The Morgan fingerprint density at radius 2 is 1.90 bits per heavy atom. The summed E-state index contributed by atoms with van der Waals surface area (Å²) >= 11 is 1.61. The molecule has 29 heavy (non-hydrogen) atoms. The van der Waals surface area contributed by atoms with E-state index >= 15 is 0 Å². The van der Waals surface area contributed by atoms with E-state index in [2.05, 4.69) is 10.6 Å². The average Bonchev–Trinajstić information content (AvgIpc) is 3.18. The summed E-state index contributed by atoms with van der Waals surface area (Å²) in [6, 6.07) is 14.4. The molecule has 0 aromatic heterocycles. The Bertz CT molecular complexity index is 874. The zero-order valence-electron chi connectivity index (χ0n) is 17.0. The van der Waals surface area contributed by atoms with Gasteiger partial charge in [0.15, 0.2) is 0 Å². The van der Waals surface area contributed by atoms with Crippen molar-refractivity contribution in [2.45, 2.75) is 31.7 Å². The lowest BCUT2D eigenvalue weighted by Gasteiger charge is -2.30. The van der Waals surface area contributed by atoms with Gasteiger partial charge in [0.05, 0.1) is 12.8 Å². The van der Waals surface area contributed by atoms with Gasteiger partial charge in [-0.25, -0.2) is 4.79 Å². The first kappa shape index (κ1) is 21.0. The van der Waals surface area contributed by atoms with E-state index in [1.54, 1.807) is 35.9 Å². The minimum Gasteiger partial charge on any atom is -0.495 e. The van der Waals surface area contributed by atoms with E-state index in [4.69, 9.17) is 4.74 Å². The minimum atomic E-state index is -0.536. The number of rotatable bonds is 6. The molecule has 0 radical (unpaired) electrons. The molecule has 6 nitrogen and oxygen atoms in total. The maximum atomic E-state index is 13.3. The van der Waals surface area contributed by atoms with Crippen molar-refractivity contribution in [1.29, 1.82) is 0 Å². The van der Waals surface area contributed by atoms with Crippen LogP contribution in [-0.4, -0.2) is 42.3 Å². The smallest absolute Gasteiger partial charge is 0.323 e. The fraction of sp³-hybridized carbons (Fsp3) is 0.364. The molecule has 3 amide bonds. The van der Waals surface area contributed by atoms with E-state index in [-0.39, 0.29) is 17.3 Å². The Kier molecular flexibility index (Phi) is 7.04. The summed E-state index contributed by atoms with van der Waals surface area (Å²) in [6.45, 7) is 4.62. The van der Waals surface area contributed by atoms with Crippen molar-refractivity contribution < 1.29 is 14.3 Å². The van der Waals surface area contributed by atoms with Crippen molar-refractivity contribution in [1.82, 2.24) is 10.2 Å². The third kappa shape index (κ3) is 4.67. The molecule has 0 unspecified atom stereocenters. The monoisotopic (exact) mass is 413 g/mol. The standard InChI is InChI=1S/C22H27N3O3S/c1-4-13-23-20(26)18-14-29-21(16-10-6-5-9-15(16)2)25(18)22(27)24-17-11-7-8-12-19(17)28-3/h5-12,18,21H,4,13-14H2,1-3H3,(H,23,26)(H,24,27)/t18-,21-/m0/s1. The first-order valence-corrected chi connectivity index (χ1v) is 10.8. The molecule has 1 heterocycles. The van der Waals surface area contributed by atoms with Crippen LogP contribution in [0.2, 0.25) is 0 Å². The molecule has 2 aromatic rings. The summed E-state index contributed by atoms with van der Waals surface area (Å²) < 4.78 is 5.35. The van der Waals surface area contributed by atoms with Gasteiger partial charge in [-0.3, -0.25) is 9.69 Å².